The predicted molar refractivity (Wildman–Crippen MR) is 31.2 cm³/mol. The van der Waals surface area contributed by atoms with Crippen LogP contribution in [-0.2, 0) is 61.7 Å². The molecule has 4 heteroatoms. The number of methoxy groups -OCH3 is 2. The predicted octanol–water partition coefficient (Wildman–Crippen LogP) is 0.947. The van der Waals surface area contributed by atoms with Gasteiger partial charge in [-0.15, -0.1) is 0 Å². The summed E-state index contributed by atoms with van der Waals surface area (Å²) in [7, 11) is 3.57. The SMILES string of the molecule is COC([CH2][Hg+])C([CH2][Hg+])OC. The van der Waals surface area contributed by atoms with Crippen molar-refractivity contribution in [2.75, 3.05) is 14.2 Å². The van der Waals surface area contributed by atoms with Gasteiger partial charge in [0.25, 0.3) is 0 Å². The molecular weight excluding hydrogens is 505 g/mol. The molecule has 0 spiro atoms. The molecule has 0 radical (unpaired) electrons. The van der Waals surface area contributed by atoms with E-state index in [9.17, 15) is 0 Å². The number of ether oxygens (including phenoxy) is 2. The van der Waals surface area contributed by atoms with Gasteiger partial charge < -0.3 is 0 Å². The molecule has 0 saturated carbocycles. The Morgan fingerprint density at radius 2 is 1.30 bits per heavy atom. The van der Waals surface area contributed by atoms with Crippen molar-refractivity contribution in [2.45, 2.75) is 20.1 Å². The van der Waals surface area contributed by atoms with Crippen LogP contribution in [0.5, 0.6) is 0 Å². The summed E-state index contributed by atoms with van der Waals surface area (Å²) in [5.74, 6) is 0. The van der Waals surface area contributed by atoms with Gasteiger partial charge >= 0.3 is 96.0 Å². The quantitative estimate of drug-likeness (QED) is 0.506. The first kappa shape index (κ1) is 11.8. The number of hydrogen-bond acceptors (Lipinski definition) is 2. The summed E-state index contributed by atoms with van der Waals surface area (Å²) in [6, 6.07) is 0. The molecule has 0 bridgehead atoms. The summed E-state index contributed by atoms with van der Waals surface area (Å²) in [6.07, 6.45) is 0.789. The summed E-state index contributed by atoms with van der Waals surface area (Å²) < 4.78 is 13.1. The van der Waals surface area contributed by atoms with E-state index in [2.05, 4.69) is 0 Å². The molecule has 50 valence electrons. The van der Waals surface area contributed by atoms with Crippen LogP contribution < -0.4 is 0 Å². The molecule has 0 fully saturated rings. The molecule has 0 saturated heterocycles. The fourth-order valence-corrected chi connectivity index (χ4v) is 5.63. The van der Waals surface area contributed by atoms with E-state index in [1.807, 2.05) is 0 Å². The molecule has 2 unspecified atom stereocenters. The van der Waals surface area contributed by atoms with Gasteiger partial charge in [0.05, 0.1) is 0 Å². The van der Waals surface area contributed by atoms with Crippen LogP contribution in [0.25, 0.3) is 0 Å². The maximum absolute atomic E-state index is 5.30. The molecule has 0 aromatic heterocycles. The van der Waals surface area contributed by atoms with Crippen molar-refractivity contribution in [3.8, 4) is 0 Å². The van der Waals surface area contributed by atoms with Crippen molar-refractivity contribution in [1.29, 1.82) is 0 Å². The van der Waals surface area contributed by atoms with E-state index in [0.717, 1.165) is 52.2 Å². The van der Waals surface area contributed by atoms with Gasteiger partial charge in [-0.3, -0.25) is 0 Å². The molecule has 0 heterocycles. The summed E-state index contributed by atoms with van der Waals surface area (Å²) in [6.45, 7) is 0. The maximum atomic E-state index is 5.30. The molecule has 0 aromatic carbocycles. The van der Waals surface area contributed by atoms with Gasteiger partial charge in [-0.1, -0.05) is 0 Å². The van der Waals surface area contributed by atoms with Crippen molar-refractivity contribution >= 4 is 0 Å². The van der Waals surface area contributed by atoms with Crippen LogP contribution >= 0.6 is 0 Å². The summed E-state index contributed by atoms with van der Waals surface area (Å²) in [5.41, 5.74) is 0. The molecule has 0 rings (SSSR count). The third-order valence-electron chi connectivity index (χ3n) is 1.59. The first-order valence-corrected chi connectivity index (χ1v) is 11.2. The van der Waals surface area contributed by atoms with Crippen LogP contribution in [0, 0.1) is 0 Å². The zero-order valence-corrected chi connectivity index (χ0v) is 17.8. The van der Waals surface area contributed by atoms with Gasteiger partial charge in [0.1, 0.15) is 0 Å². The van der Waals surface area contributed by atoms with E-state index in [1.165, 1.54) is 7.86 Å². The molecule has 0 aliphatic carbocycles. The summed E-state index contributed by atoms with van der Waals surface area (Å²) >= 11 is 1.67. The van der Waals surface area contributed by atoms with Gasteiger partial charge in [0.2, 0.25) is 0 Å². The average Bonchev–Trinajstić information content (AvgIpc) is 2.00. The van der Waals surface area contributed by atoms with Crippen LogP contribution in [0.1, 0.15) is 0 Å². The van der Waals surface area contributed by atoms with Gasteiger partial charge in [-0.05, 0) is 0 Å². The monoisotopic (exact) mass is 520 g/mol. The van der Waals surface area contributed by atoms with Gasteiger partial charge in [0, 0.05) is 0 Å². The van der Waals surface area contributed by atoms with E-state index in [-0.39, 0.29) is 0 Å². The molecule has 0 amide bonds. The topological polar surface area (TPSA) is 18.5 Å². The summed E-state index contributed by atoms with van der Waals surface area (Å²) in [5, 5.41) is 0. The van der Waals surface area contributed by atoms with E-state index in [0.29, 0.717) is 12.2 Å². The van der Waals surface area contributed by atoms with Crippen molar-refractivity contribution in [3.05, 3.63) is 0 Å². The van der Waals surface area contributed by atoms with Gasteiger partial charge in [-0.2, -0.15) is 0 Å². The van der Waals surface area contributed by atoms with E-state index >= 15 is 0 Å². The Morgan fingerprint density at radius 3 is 1.40 bits per heavy atom. The van der Waals surface area contributed by atoms with Crippen LogP contribution in [0.15, 0.2) is 0 Å². The van der Waals surface area contributed by atoms with Crippen LogP contribution in [-0.4, -0.2) is 26.4 Å². The fourth-order valence-electron chi connectivity index (χ4n) is 0.911. The molecule has 0 N–H and O–H groups in total. The van der Waals surface area contributed by atoms with Crippen LogP contribution in [0.2, 0.25) is 7.86 Å². The molecule has 2 atom stereocenters. The average molecular weight is 517 g/mol. The first-order chi connectivity index (χ1) is 4.79. The molecular formula is C6H12Hg2O2+2. The second kappa shape index (κ2) is 7.44. The molecule has 0 aliphatic heterocycles. The van der Waals surface area contributed by atoms with Crippen molar-refractivity contribution in [1.82, 2.24) is 0 Å². The molecule has 0 aromatic rings. The van der Waals surface area contributed by atoms with Gasteiger partial charge in [0.15, 0.2) is 0 Å². The normalized spacial score (nSPS) is 17.0. The first-order valence-electron chi connectivity index (χ1n) is 3.44. The Labute approximate surface area is 95.0 Å². The second-order valence-electron chi connectivity index (χ2n) is 2.13. The van der Waals surface area contributed by atoms with Crippen molar-refractivity contribution < 1.29 is 61.7 Å². The molecule has 10 heavy (non-hydrogen) atoms. The standard InChI is InChI=1S/C6H12O2.2Hg/c1-5(7-3)6(2)8-4;;/h5-6H,1-2H2,3-4H3;;/q;2*+1. The third-order valence-corrected chi connectivity index (χ3v) is 6.01. The van der Waals surface area contributed by atoms with E-state index in [1.54, 1.807) is 14.2 Å². The van der Waals surface area contributed by atoms with Crippen LogP contribution in [0.4, 0.5) is 0 Å². The third kappa shape index (κ3) is 3.98. The second-order valence-corrected chi connectivity index (χ2v) is 6.61. The van der Waals surface area contributed by atoms with Crippen molar-refractivity contribution in [3.63, 3.8) is 0 Å². The Morgan fingerprint density at radius 1 is 1.00 bits per heavy atom. The summed E-state index contributed by atoms with van der Waals surface area (Å²) in [4.78, 5) is 0. The Kier molecular flexibility index (Phi) is 8.77. The minimum absolute atomic E-state index is 0.394. The minimum atomic E-state index is 0.394. The molecule has 2 nitrogen and oxygen atoms in total. The Balaban J connectivity index is 3.70. The fraction of sp³-hybridized carbons (Fsp3) is 1.00. The Hall–Kier alpha value is 1.79. The molecule has 0 aliphatic rings. The van der Waals surface area contributed by atoms with E-state index in [4.69, 9.17) is 9.47 Å². The number of rotatable bonds is 5. The zero-order valence-electron chi connectivity index (χ0n) is 6.80. The zero-order chi connectivity index (χ0) is 7.98. The van der Waals surface area contributed by atoms with Crippen LogP contribution in [0.3, 0.4) is 0 Å². The number of hydrogen-bond donors (Lipinski definition) is 0. The van der Waals surface area contributed by atoms with E-state index < -0.39 is 0 Å². The Bertz CT molecular complexity index is 62.1. The van der Waals surface area contributed by atoms with Crippen molar-refractivity contribution in [2.24, 2.45) is 0 Å². The van der Waals surface area contributed by atoms with Gasteiger partial charge in [-0.25, -0.2) is 0 Å².